The number of hydrogen-bond acceptors (Lipinski definition) is 4. The lowest BCUT2D eigenvalue weighted by atomic mass is 9.98. The van der Waals surface area contributed by atoms with Gasteiger partial charge in [-0.25, -0.2) is 4.98 Å². The number of likely N-dealkylation sites (tertiary alicyclic amines) is 1. The third kappa shape index (κ3) is 7.21. The third-order valence-corrected chi connectivity index (χ3v) is 6.20. The minimum absolute atomic E-state index is 0. The van der Waals surface area contributed by atoms with Crippen LogP contribution in [-0.2, 0) is 17.8 Å². The summed E-state index contributed by atoms with van der Waals surface area (Å²) in [6, 6.07) is 0.356. The Morgan fingerprint density at radius 3 is 2.52 bits per heavy atom. The Balaban J connectivity index is 0.00000364. The van der Waals surface area contributed by atoms with E-state index in [1.54, 1.807) is 18.4 Å². The van der Waals surface area contributed by atoms with Gasteiger partial charge in [0.1, 0.15) is 5.01 Å². The molecule has 0 saturated carbocycles. The summed E-state index contributed by atoms with van der Waals surface area (Å²) in [6.07, 6.45) is 6.76. The zero-order valence-electron chi connectivity index (χ0n) is 17.0. The van der Waals surface area contributed by atoms with Crippen LogP contribution in [0.3, 0.4) is 0 Å². The van der Waals surface area contributed by atoms with Gasteiger partial charge in [-0.1, -0.05) is 20.8 Å². The standard InChI is InChI=1S/C19H33N5OS.HI/c1-5-14(6-2)18(25)24-10-8-15(9-11-24)23-19(20-4)22-13-17-21-12-16(7-3)26-17;/h12,14-15H,5-11,13H2,1-4H3,(H2,20,22,23);1H. The van der Waals surface area contributed by atoms with Crippen molar-refractivity contribution in [2.75, 3.05) is 20.1 Å². The topological polar surface area (TPSA) is 69.6 Å². The predicted octanol–water partition coefficient (Wildman–Crippen LogP) is 3.42. The summed E-state index contributed by atoms with van der Waals surface area (Å²) in [7, 11) is 1.79. The number of nitrogens with one attached hydrogen (secondary N) is 2. The average molecular weight is 507 g/mol. The van der Waals surface area contributed by atoms with E-state index in [0.717, 1.165) is 56.2 Å². The number of rotatable bonds is 7. The lowest BCUT2D eigenvalue weighted by Crippen LogP contribution is -2.50. The minimum atomic E-state index is 0. The van der Waals surface area contributed by atoms with Crippen molar-refractivity contribution in [3.63, 3.8) is 0 Å². The summed E-state index contributed by atoms with van der Waals surface area (Å²) in [5.41, 5.74) is 0. The first-order valence-corrected chi connectivity index (χ1v) is 10.6. The zero-order valence-corrected chi connectivity index (χ0v) is 20.1. The number of carbonyl (C=O) groups excluding carboxylic acids is 1. The molecule has 2 rings (SSSR count). The molecule has 1 fully saturated rings. The highest BCUT2D eigenvalue weighted by atomic mass is 127. The quantitative estimate of drug-likeness (QED) is 0.337. The number of nitrogens with zero attached hydrogens (tertiary/aromatic N) is 3. The molecule has 0 aromatic carbocycles. The number of amides is 1. The van der Waals surface area contributed by atoms with Crippen molar-refractivity contribution in [2.45, 2.75) is 65.5 Å². The summed E-state index contributed by atoms with van der Waals surface area (Å²) in [6.45, 7) is 8.69. The molecular formula is C19H34IN5OS. The molecule has 2 N–H and O–H groups in total. The van der Waals surface area contributed by atoms with Crippen molar-refractivity contribution < 1.29 is 4.79 Å². The molecule has 0 aliphatic carbocycles. The number of aliphatic imine (C=N–C) groups is 1. The smallest absolute Gasteiger partial charge is 0.225 e. The van der Waals surface area contributed by atoms with Gasteiger partial charge >= 0.3 is 0 Å². The molecule has 1 aromatic rings. The number of halogens is 1. The number of hydrogen-bond donors (Lipinski definition) is 2. The molecule has 154 valence electrons. The Kier molecular flexibility index (Phi) is 11.2. The molecular weight excluding hydrogens is 473 g/mol. The highest BCUT2D eigenvalue weighted by molar-refractivity contribution is 14.0. The molecule has 1 aliphatic heterocycles. The first-order chi connectivity index (χ1) is 12.6. The molecule has 6 nitrogen and oxygen atoms in total. The van der Waals surface area contributed by atoms with Crippen LogP contribution in [-0.4, -0.2) is 47.9 Å². The van der Waals surface area contributed by atoms with Gasteiger partial charge in [0, 0.05) is 43.2 Å². The molecule has 2 heterocycles. The first kappa shape index (κ1) is 24.1. The van der Waals surface area contributed by atoms with E-state index < -0.39 is 0 Å². The fourth-order valence-corrected chi connectivity index (χ4v) is 4.08. The monoisotopic (exact) mass is 507 g/mol. The van der Waals surface area contributed by atoms with Gasteiger partial charge in [-0.15, -0.1) is 35.3 Å². The Labute approximate surface area is 184 Å². The van der Waals surface area contributed by atoms with E-state index in [1.165, 1.54) is 4.88 Å². The van der Waals surface area contributed by atoms with Gasteiger partial charge < -0.3 is 15.5 Å². The Hall–Kier alpha value is -0.900. The normalized spacial score (nSPS) is 15.6. The van der Waals surface area contributed by atoms with E-state index in [2.05, 4.69) is 41.4 Å². The highest BCUT2D eigenvalue weighted by Gasteiger charge is 2.26. The second-order valence-electron chi connectivity index (χ2n) is 6.76. The fourth-order valence-electron chi connectivity index (χ4n) is 3.28. The van der Waals surface area contributed by atoms with Crippen LogP contribution in [0.2, 0.25) is 0 Å². The fraction of sp³-hybridized carbons (Fsp3) is 0.737. The summed E-state index contributed by atoms with van der Waals surface area (Å²) in [4.78, 5) is 24.6. The minimum Gasteiger partial charge on any atom is -0.354 e. The molecule has 0 spiro atoms. The average Bonchev–Trinajstić information content (AvgIpc) is 3.14. The lowest BCUT2D eigenvalue weighted by Gasteiger charge is -2.34. The number of guanidine groups is 1. The lowest BCUT2D eigenvalue weighted by molar-refractivity contribution is -0.136. The van der Waals surface area contributed by atoms with Crippen LogP contribution in [0.1, 0.15) is 56.3 Å². The third-order valence-electron chi connectivity index (χ3n) is 5.06. The second-order valence-corrected chi connectivity index (χ2v) is 7.96. The molecule has 0 atom stereocenters. The summed E-state index contributed by atoms with van der Waals surface area (Å²) in [5, 5.41) is 7.92. The molecule has 0 radical (unpaired) electrons. The number of piperidine rings is 1. The van der Waals surface area contributed by atoms with E-state index in [4.69, 9.17) is 0 Å². The maximum Gasteiger partial charge on any atom is 0.225 e. The Bertz CT molecular complexity index is 595. The SMILES string of the molecule is CCc1cnc(CNC(=NC)NC2CCN(C(=O)C(CC)CC)CC2)s1.I. The van der Waals surface area contributed by atoms with E-state index in [9.17, 15) is 4.79 Å². The van der Waals surface area contributed by atoms with Gasteiger partial charge in [-0.05, 0) is 32.1 Å². The van der Waals surface area contributed by atoms with Crippen LogP contribution >= 0.6 is 35.3 Å². The van der Waals surface area contributed by atoms with Gasteiger partial charge in [0.15, 0.2) is 5.96 Å². The molecule has 1 aromatic heterocycles. The predicted molar refractivity (Wildman–Crippen MR) is 124 cm³/mol. The highest BCUT2D eigenvalue weighted by Crippen LogP contribution is 2.17. The van der Waals surface area contributed by atoms with Gasteiger partial charge in [0.25, 0.3) is 0 Å². The number of thiazole rings is 1. The van der Waals surface area contributed by atoms with Crippen LogP contribution in [0.4, 0.5) is 0 Å². The molecule has 8 heteroatoms. The van der Waals surface area contributed by atoms with E-state index in [-0.39, 0.29) is 29.9 Å². The van der Waals surface area contributed by atoms with Gasteiger partial charge in [0.2, 0.25) is 5.91 Å². The van der Waals surface area contributed by atoms with Crippen molar-refractivity contribution >= 4 is 47.2 Å². The molecule has 1 aliphatic rings. The molecule has 0 bridgehead atoms. The van der Waals surface area contributed by atoms with Crippen LogP contribution in [0, 0.1) is 5.92 Å². The van der Waals surface area contributed by atoms with E-state index >= 15 is 0 Å². The van der Waals surface area contributed by atoms with Crippen LogP contribution < -0.4 is 10.6 Å². The largest absolute Gasteiger partial charge is 0.354 e. The zero-order chi connectivity index (χ0) is 18.9. The molecule has 0 unspecified atom stereocenters. The van der Waals surface area contributed by atoms with Crippen LogP contribution in [0.25, 0.3) is 0 Å². The maximum absolute atomic E-state index is 12.5. The number of aromatic nitrogens is 1. The first-order valence-electron chi connectivity index (χ1n) is 9.80. The van der Waals surface area contributed by atoms with Gasteiger partial charge in [-0.2, -0.15) is 0 Å². The Morgan fingerprint density at radius 2 is 2.00 bits per heavy atom. The van der Waals surface area contributed by atoms with Crippen LogP contribution in [0.5, 0.6) is 0 Å². The van der Waals surface area contributed by atoms with Crippen molar-refractivity contribution in [2.24, 2.45) is 10.9 Å². The summed E-state index contributed by atoms with van der Waals surface area (Å²) < 4.78 is 0. The maximum atomic E-state index is 12.5. The Morgan fingerprint density at radius 1 is 1.33 bits per heavy atom. The number of carbonyl (C=O) groups is 1. The second kappa shape index (κ2) is 12.5. The number of aryl methyl sites for hydroxylation is 1. The van der Waals surface area contributed by atoms with E-state index in [1.807, 2.05) is 11.1 Å². The van der Waals surface area contributed by atoms with Crippen LogP contribution in [0.15, 0.2) is 11.2 Å². The van der Waals surface area contributed by atoms with Crippen molar-refractivity contribution in [3.05, 3.63) is 16.1 Å². The van der Waals surface area contributed by atoms with Crippen molar-refractivity contribution in [3.8, 4) is 0 Å². The summed E-state index contributed by atoms with van der Waals surface area (Å²) >= 11 is 1.74. The summed E-state index contributed by atoms with van der Waals surface area (Å²) in [5.74, 6) is 1.31. The van der Waals surface area contributed by atoms with Gasteiger partial charge in [-0.3, -0.25) is 9.79 Å². The van der Waals surface area contributed by atoms with E-state index in [0.29, 0.717) is 18.5 Å². The molecule has 1 saturated heterocycles. The molecule has 1 amide bonds. The van der Waals surface area contributed by atoms with Gasteiger partial charge in [0.05, 0.1) is 6.54 Å². The molecule has 27 heavy (non-hydrogen) atoms. The van der Waals surface area contributed by atoms with Crippen molar-refractivity contribution in [1.82, 2.24) is 20.5 Å². The van der Waals surface area contributed by atoms with Crippen molar-refractivity contribution in [1.29, 1.82) is 0 Å².